The Morgan fingerprint density at radius 2 is 1.54 bits per heavy atom. The maximum atomic E-state index is 13.9. The van der Waals surface area contributed by atoms with Crippen molar-refractivity contribution in [1.29, 1.82) is 0 Å². The van der Waals surface area contributed by atoms with Gasteiger partial charge in [-0.3, -0.25) is 19.2 Å². The normalized spacial score (nSPS) is 20.3. The highest BCUT2D eigenvalue weighted by Crippen LogP contribution is 2.32. The minimum atomic E-state index is -0.869. The first-order valence-corrected chi connectivity index (χ1v) is 16.4. The van der Waals surface area contributed by atoms with E-state index in [4.69, 9.17) is 4.74 Å². The SMILES string of the molecule is CC(C)C[C@H](NC(=O)c1ccc(N(C)C)cc1)C(=O)N1CC[C@@H]2[C@H]1C(=O)CN2C(=O)[C@@H](CC(C)C)NC(=O)OCC1=CCCC=C1. The van der Waals surface area contributed by atoms with Crippen molar-refractivity contribution in [2.45, 2.75) is 84.0 Å². The van der Waals surface area contributed by atoms with Crippen LogP contribution >= 0.6 is 0 Å². The molecule has 0 radical (unpaired) electrons. The predicted molar refractivity (Wildman–Crippen MR) is 176 cm³/mol. The molecule has 0 spiro atoms. The number of benzene rings is 1. The number of Topliss-reactive ketones (excluding diaryl/α,β-unsaturated/α-hetero) is 1. The van der Waals surface area contributed by atoms with E-state index >= 15 is 0 Å². The van der Waals surface area contributed by atoms with Crippen LogP contribution in [0.2, 0.25) is 0 Å². The third kappa shape index (κ3) is 8.55. The third-order valence-corrected chi connectivity index (χ3v) is 8.68. The summed E-state index contributed by atoms with van der Waals surface area (Å²) in [5.41, 5.74) is 2.30. The predicted octanol–water partition coefficient (Wildman–Crippen LogP) is 3.70. The lowest BCUT2D eigenvalue weighted by Gasteiger charge is -2.30. The van der Waals surface area contributed by atoms with E-state index in [1.165, 1.54) is 9.80 Å². The number of hydrogen-bond donors (Lipinski definition) is 2. The fraction of sp³-hybridized carbons (Fsp3) is 0.571. The zero-order valence-corrected chi connectivity index (χ0v) is 28.0. The number of likely N-dealkylation sites (tertiary alicyclic amines) is 2. The van der Waals surface area contributed by atoms with Crippen molar-refractivity contribution in [3.63, 3.8) is 0 Å². The summed E-state index contributed by atoms with van der Waals surface area (Å²) in [5, 5.41) is 5.64. The van der Waals surface area contributed by atoms with Crippen molar-refractivity contribution in [1.82, 2.24) is 20.4 Å². The lowest BCUT2D eigenvalue weighted by atomic mass is 10.0. The largest absolute Gasteiger partial charge is 0.445 e. The number of ketones is 1. The average Bonchev–Trinajstić information content (AvgIpc) is 3.60. The quantitative estimate of drug-likeness (QED) is 0.359. The number of nitrogens with one attached hydrogen (secondary N) is 2. The lowest BCUT2D eigenvalue weighted by molar-refractivity contribution is -0.138. The van der Waals surface area contributed by atoms with Crippen LogP contribution in [0.25, 0.3) is 0 Å². The van der Waals surface area contributed by atoms with Crippen LogP contribution in [-0.2, 0) is 19.1 Å². The minimum absolute atomic E-state index is 0.0912. The number of carbonyl (C=O) groups excluding carboxylic acids is 5. The van der Waals surface area contributed by atoms with Gasteiger partial charge in [-0.15, -0.1) is 0 Å². The molecule has 1 aromatic carbocycles. The van der Waals surface area contributed by atoms with E-state index in [9.17, 15) is 24.0 Å². The molecule has 0 saturated carbocycles. The Hall–Kier alpha value is -4.15. The Kier molecular flexibility index (Phi) is 11.6. The fourth-order valence-electron chi connectivity index (χ4n) is 6.40. The first kappa shape index (κ1) is 34.7. The van der Waals surface area contributed by atoms with E-state index in [1.807, 2.05) is 77.1 Å². The number of ether oxygens (including phenoxy) is 1. The molecule has 2 heterocycles. The number of carbonyl (C=O) groups is 5. The molecule has 11 heteroatoms. The third-order valence-electron chi connectivity index (χ3n) is 8.68. The number of alkyl carbamates (subject to hydrolysis) is 1. The first-order valence-electron chi connectivity index (χ1n) is 16.4. The first-order chi connectivity index (χ1) is 21.8. The molecule has 0 unspecified atom stereocenters. The van der Waals surface area contributed by atoms with Crippen LogP contribution in [0.4, 0.5) is 10.5 Å². The summed E-state index contributed by atoms with van der Waals surface area (Å²) in [6.07, 6.45) is 8.35. The van der Waals surface area contributed by atoms with Gasteiger partial charge in [0.25, 0.3) is 5.91 Å². The lowest BCUT2D eigenvalue weighted by Crippen LogP contribution is -2.53. The molecule has 1 aliphatic carbocycles. The number of allylic oxidation sites excluding steroid dienone is 2. The summed E-state index contributed by atoms with van der Waals surface area (Å²) in [4.78, 5) is 72.1. The molecule has 2 aliphatic heterocycles. The highest BCUT2D eigenvalue weighted by molar-refractivity contribution is 6.01. The van der Waals surface area contributed by atoms with E-state index in [-0.39, 0.29) is 48.5 Å². The van der Waals surface area contributed by atoms with Crippen LogP contribution in [0.1, 0.15) is 70.2 Å². The molecule has 1 aromatic rings. The van der Waals surface area contributed by atoms with Gasteiger partial charge in [-0.25, -0.2) is 4.79 Å². The summed E-state index contributed by atoms with van der Waals surface area (Å²) in [6, 6.07) is 4.15. The number of amides is 4. The van der Waals surface area contributed by atoms with Crippen LogP contribution in [0, 0.1) is 11.8 Å². The highest BCUT2D eigenvalue weighted by atomic mass is 16.5. The van der Waals surface area contributed by atoms with Crippen LogP contribution in [0.3, 0.4) is 0 Å². The van der Waals surface area contributed by atoms with Crippen LogP contribution in [0.15, 0.2) is 48.1 Å². The number of rotatable bonds is 12. The Balaban J connectivity index is 1.44. The topological polar surface area (TPSA) is 128 Å². The molecular weight excluding hydrogens is 586 g/mol. The number of hydrogen-bond acceptors (Lipinski definition) is 7. The number of nitrogens with zero attached hydrogens (tertiary/aromatic N) is 3. The van der Waals surface area contributed by atoms with E-state index < -0.39 is 30.3 Å². The summed E-state index contributed by atoms with van der Waals surface area (Å²) in [5.74, 6) is -1.07. The van der Waals surface area contributed by atoms with Gasteiger partial charge >= 0.3 is 6.09 Å². The van der Waals surface area contributed by atoms with Crippen molar-refractivity contribution in [2.24, 2.45) is 11.8 Å². The smallest absolute Gasteiger partial charge is 0.408 e. The molecule has 4 rings (SSSR count). The second-order valence-electron chi connectivity index (χ2n) is 13.5. The van der Waals surface area contributed by atoms with E-state index in [2.05, 4.69) is 10.6 Å². The second-order valence-corrected chi connectivity index (χ2v) is 13.5. The molecule has 11 nitrogen and oxygen atoms in total. The molecule has 4 amide bonds. The monoisotopic (exact) mass is 635 g/mol. The Morgan fingerprint density at radius 1 is 0.913 bits per heavy atom. The molecule has 2 fully saturated rings. The Morgan fingerprint density at radius 3 is 2.13 bits per heavy atom. The number of anilines is 1. The molecule has 0 bridgehead atoms. The van der Waals surface area contributed by atoms with Gasteiger partial charge in [-0.05, 0) is 73.8 Å². The summed E-state index contributed by atoms with van der Waals surface area (Å²) < 4.78 is 5.40. The Labute approximate surface area is 272 Å². The number of fused-ring (bicyclic) bond motifs is 1. The van der Waals surface area contributed by atoms with Gasteiger partial charge in [-0.1, -0.05) is 45.9 Å². The van der Waals surface area contributed by atoms with Crippen molar-refractivity contribution in [3.8, 4) is 0 Å². The molecule has 46 heavy (non-hydrogen) atoms. The Bertz CT molecular complexity index is 1350. The highest BCUT2D eigenvalue weighted by Gasteiger charge is 2.53. The second kappa shape index (κ2) is 15.4. The average molecular weight is 636 g/mol. The molecule has 4 atom stereocenters. The van der Waals surface area contributed by atoms with E-state index in [1.54, 1.807) is 12.1 Å². The molecular formula is C35H49N5O6. The van der Waals surface area contributed by atoms with Crippen molar-refractivity contribution in [3.05, 3.63) is 53.6 Å². The maximum Gasteiger partial charge on any atom is 0.408 e. The summed E-state index contributed by atoms with van der Waals surface area (Å²) >= 11 is 0. The zero-order valence-electron chi connectivity index (χ0n) is 28.0. The van der Waals surface area contributed by atoms with Crippen LogP contribution < -0.4 is 15.5 Å². The minimum Gasteiger partial charge on any atom is -0.445 e. The molecule has 250 valence electrons. The fourth-order valence-corrected chi connectivity index (χ4v) is 6.40. The summed E-state index contributed by atoms with van der Waals surface area (Å²) in [6.45, 7) is 8.13. The molecule has 2 saturated heterocycles. The van der Waals surface area contributed by atoms with Crippen LogP contribution in [0.5, 0.6) is 0 Å². The van der Waals surface area contributed by atoms with E-state index in [0.29, 0.717) is 31.4 Å². The molecule has 3 aliphatic rings. The standard InChI is InChI=1S/C35H49N5O6/c1-22(2)18-27(36-32(42)25-12-14-26(15-13-25)38(5)6)33(43)39-17-16-29-31(39)30(41)20-40(29)34(44)28(19-23(3)4)37-35(45)46-21-24-10-8-7-9-11-24/h8,10-15,22-23,27-29,31H,7,9,16-21H2,1-6H3,(H,36,42)(H,37,45)/t27-,28+,29+,31-/m0/s1. The van der Waals surface area contributed by atoms with Gasteiger partial charge in [0.1, 0.15) is 24.7 Å². The van der Waals surface area contributed by atoms with Gasteiger partial charge in [0.05, 0.1) is 12.6 Å². The summed E-state index contributed by atoms with van der Waals surface area (Å²) in [7, 11) is 3.83. The van der Waals surface area contributed by atoms with Gasteiger partial charge in [0.2, 0.25) is 11.8 Å². The maximum absolute atomic E-state index is 13.9. The molecule has 0 aromatic heterocycles. The van der Waals surface area contributed by atoms with Crippen LogP contribution in [-0.4, -0.2) is 97.4 Å². The van der Waals surface area contributed by atoms with Gasteiger partial charge in [0.15, 0.2) is 5.78 Å². The van der Waals surface area contributed by atoms with Gasteiger partial charge < -0.3 is 30.1 Å². The van der Waals surface area contributed by atoms with Gasteiger partial charge in [-0.2, -0.15) is 0 Å². The van der Waals surface area contributed by atoms with Crippen molar-refractivity contribution >= 4 is 35.3 Å². The van der Waals surface area contributed by atoms with Gasteiger partial charge in [0, 0.05) is 31.9 Å². The zero-order chi connectivity index (χ0) is 33.5. The van der Waals surface area contributed by atoms with Crippen molar-refractivity contribution in [2.75, 3.05) is 38.7 Å². The van der Waals surface area contributed by atoms with Crippen molar-refractivity contribution < 1.29 is 28.7 Å². The van der Waals surface area contributed by atoms with E-state index in [0.717, 1.165) is 24.1 Å². The molecule has 2 N–H and O–H groups in total.